The van der Waals surface area contributed by atoms with Crippen molar-refractivity contribution in [2.45, 2.75) is 16.7 Å². The van der Waals surface area contributed by atoms with E-state index in [-0.39, 0.29) is 22.2 Å². The molecule has 2 N–H and O–H groups in total. The third-order valence-corrected chi connectivity index (χ3v) is 6.65. The van der Waals surface area contributed by atoms with Crippen molar-refractivity contribution >= 4 is 38.7 Å². The molecule has 0 radical (unpaired) electrons. The summed E-state index contributed by atoms with van der Waals surface area (Å²) in [6.07, 6.45) is 0. The number of carbonyl (C=O) groups is 1. The third-order valence-electron chi connectivity index (χ3n) is 4.50. The van der Waals surface area contributed by atoms with Gasteiger partial charge in [-0.3, -0.25) is 4.79 Å². The van der Waals surface area contributed by atoms with Crippen LogP contribution in [0.15, 0.2) is 76.5 Å². The van der Waals surface area contributed by atoms with Crippen molar-refractivity contribution < 1.29 is 17.9 Å². The highest BCUT2D eigenvalue weighted by molar-refractivity contribution is 7.91. The topological polar surface area (TPSA) is 84.5 Å². The van der Waals surface area contributed by atoms with Gasteiger partial charge in [0.1, 0.15) is 5.75 Å². The van der Waals surface area contributed by atoms with Crippen molar-refractivity contribution in [3.05, 3.63) is 77.3 Å². The Hall–Kier alpha value is -3.03. The molecule has 0 unspecified atom stereocenters. The number of sulfone groups is 1. The van der Waals surface area contributed by atoms with E-state index in [4.69, 9.17) is 16.3 Å². The first-order valence-corrected chi connectivity index (χ1v) is 11.0. The molecular formula is C22H21ClN2O4S. The van der Waals surface area contributed by atoms with Crippen LogP contribution in [-0.4, -0.2) is 28.0 Å². The quantitative estimate of drug-likeness (QED) is 0.558. The minimum atomic E-state index is -3.66. The molecule has 3 aromatic rings. The lowest BCUT2D eigenvalue weighted by molar-refractivity contribution is -0.114. The molecule has 0 aromatic heterocycles. The van der Waals surface area contributed by atoms with Gasteiger partial charge in [-0.15, -0.1) is 0 Å². The van der Waals surface area contributed by atoms with Gasteiger partial charge in [0.15, 0.2) is 0 Å². The first-order valence-electron chi connectivity index (χ1n) is 9.10. The molecule has 0 fully saturated rings. The van der Waals surface area contributed by atoms with Crippen molar-refractivity contribution in [3.8, 4) is 5.75 Å². The smallest absolute Gasteiger partial charge is 0.243 e. The zero-order valence-electron chi connectivity index (χ0n) is 16.5. The van der Waals surface area contributed by atoms with Crippen molar-refractivity contribution in [1.82, 2.24) is 0 Å². The van der Waals surface area contributed by atoms with E-state index in [1.165, 1.54) is 7.11 Å². The summed E-state index contributed by atoms with van der Waals surface area (Å²) in [6.45, 7) is 1.64. The van der Waals surface area contributed by atoms with Crippen molar-refractivity contribution in [2.24, 2.45) is 0 Å². The first kappa shape index (κ1) is 21.7. The van der Waals surface area contributed by atoms with E-state index in [2.05, 4.69) is 10.6 Å². The maximum absolute atomic E-state index is 13.0. The summed E-state index contributed by atoms with van der Waals surface area (Å²) in [4.78, 5) is 12.8. The zero-order chi connectivity index (χ0) is 21.7. The van der Waals surface area contributed by atoms with Gasteiger partial charge in [-0.2, -0.15) is 0 Å². The third kappa shape index (κ3) is 4.75. The van der Waals surface area contributed by atoms with Crippen LogP contribution in [0.3, 0.4) is 0 Å². The SMILES string of the molecule is COc1ccc(Cl)cc1NC(=O)CNc1cccc(S(=O)(=O)c2ccccc2)c1C. The molecular weight excluding hydrogens is 424 g/mol. The van der Waals surface area contributed by atoms with Gasteiger partial charge < -0.3 is 15.4 Å². The number of nitrogens with one attached hydrogen (secondary N) is 2. The molecule has 8 heteroatoms. The van der Waals surface area contributed by atoms with E-state index in [1.54, 1.807) is 73.7 Å². The average Bonchev–Trinajstić information content (AvgIpc) is 2.73. The number of hydrogen-bond donors (Lipinski definition) is 2. The Morgan fingerprint density at radius 2 is 1.73 bits per heavy atom. The zero-order valence-corrected chi connectivity index (χ0v) is 18.0. The van der Waals surface area contributed by atoms with Crippen LogP contribution in [0.5, 0.6) is 5.75 Å². The van der Waals surface area contributed by atoms with Gasteiger partial charge in [-0.1, -0.05) is 35.9 Å². The predicted molar refractivity (Wildman–Crippen MR) is 118 cm³/mol. The first-order chi connectivity index (χ1) is 14.3. The monoisotopic (exact) mass is 444 g/mol. The summed E-state index contributed by atoms with van der Waals surface area (Å²) in [7, 11) is -2.17. The number of ether oxygens (including phenoxy) is 1. The largest absolute Gasteiger partial charge is 0.495 e. The molecule has 3 aromatic carbocycles. The number of amides is 1. The molecule has 1 amide bonds. The Morgan fingerprint density at radius 3 is 2.43 bits per heavy atom. The fraction of sp³-hybridized carbons (Fsp3) is 0.136. The summed E-state index contributed by atoms with van der Waals surface area (Å²) in [5, 5.41) is 6.20. The highest BCUT2D eigenvalue weighted by Crippen LogP contribution is 2.29. The lowest BCUT2D eigenvalue weighted by Gasteiger charge is -2.15. The highest BCUT2D eigenvalue weighted by atomic mass is 35.5. The van der Waals surface area contributed by atoms with Crippen LogP contribution in [0.1, 0.15) is 5.56 Å². The van der Waals surface area contributed by atoms with Gasteiger partial charge >= 0.3 is 0 Å². The molecule has 0 heterocycles. The second-order valence-electron chi connectivity index (χ2n) is 6.49. The Labute approximate surface area is 180 Å². The highest BCUT2D eigenvalue weighted by Gasteiger charge is 2.21. The van der Waals surface area contributed by atoms with Crippen LogP contribution < -0.4 is 15.4 Å². The summed E-state index contributed by atoms with van der Waals surface area (Å²) in [6, 6.07) is 18.1. The van der Waals surface area contributed by atoms with E-state index in [0.29, 0.717) is 27.7 Å². The van der Waals surface area contributed by atoms with Crippen LogP contribution >= 0.6 is 11.6 Å². The predicted octanol–water partition coefficient (Wildman–Crippen LogP) is 4.54. The van der Waals surface area contributed by atoms with E-state index in [1.807, 2.05) is 0 Å². The van der Waals surface area contributed by atoms with E-state index in [9.17, 15) is 13.2 Å². The lowest BCUT2D eigenvalue weighted by atomic mass is 10.2. The van der Waals surface area contributed by atoms with Gasteiger partial charge in [-0.25, -0.2) is 8.42 Å². The molecule has 0 atom stereocenters. The molecule has 0 saturated carbocycles. The number of rotatable bonds is 7. The molecule has 0 saturated heterocycles. The molecule has 30 heavy (non-hydrogen) atoms. The van der Waals surface area contributed by atoms with Gasteiger partial charge in [0.05, 0.1) is 29.1 Å². The molecule has 156 valence electrons. The molecule has 0 spiro atoms. The van der Waals surface area contributed by atoms with Gasteiger partial charge in [0.25, 0.3) is 0 Å². The van der Waals surface area contributed by atoms with E-state index in [0.717, 1.165) is 0 Å². The molecule has 0 bridgehead atoms. The van der Waals surface area contributed by atoms with Crippen molar-refractivity contribution in [3.63, 3.8) is 0 Å². The average molecular weight is 445 g/mol. The standard InChI is InChI=1S/C22H21ClN2O4S/c1-15-18(9-6-10-21(15)30(27,28)17-7-4-3-5-8-17)24-14-22(26)25-19-13-16(23)11-12-20(19)29-2/h3-13,24H,14H2,1-2H3,(H,25,26). The van der Waals surface area contributed by atoms with Crippen LogP contribution in [0.25, 0.3) is 0 Å². The molecule has 6 nitrogen and oxygen atoms in total. The Morgan fingerprint density at radius 1 is 1.00 bits per heavy atom. The Kier molecular flexibility index (Phi) is 6.64. The van der Waals surface area contributed by atoms with Crippen molar-refractivity contribution in [2.75, 3.05) is 24.3 Å². The lowest BCUT2D eigenvalue weighted by Crippen LogP contribution is -2.22. The van der Waals surface area contributed by atoms with Crippen LogP contribution in [0.4, 0.5) is 11.4 Å². The summed E-state index contributed by atoms with van der Waals surface area (Å²) >= 11 is 5.98. The second kappa shape index (κ2) is 9.19. The fourth-order valence-electron chi connectivity index (χ4n) is 2.97. The second-order valence-corrected chi connectivity index (χ2v) is 8.85. The maximum Gasteiger partial charge on any atom is 0.243 e. The van der Waals surface area contributed by atoms with Crippen molar-refractivity contribution in [1.29, 1.82) is 0 Å². The summed E-state index contributed by atoms with van der Waals surface area (Å²) in [5.41, 5.74) is 1.55. The molecule has 0 aliphatic heterocycles. The fourth-order valence-corrected chi connectivity index (χ4v) is 4.68. The number of benzene rings is 3. The number of hydrogen-bond acceptors (Lipinski definition) is 5. The van der Waals surface area contributed by atoms with Gasteiger partial charge in [0, 0.05) is 10.7 Å². The minimum absolute atomic E-state index is 0.0641. The van der Waals surface area contributed by atoms with Crippen LogP contribution in [-0.2, 0) is 14.6 Å². The number of carbonyl (C=O) groups excluding carboxylic acids is 1. The number of halogens is 1. The van der Waals surface area contributed by atoms with Gasteiger partial charge in [-0.05, 0) is 55.0 Å². The number of methoxy groups -OCH3 is 1. The van der Waals surface area contributed by atoms with Gasteiger partial charge in [0.2, 0.25) is 15.7 Å². The summed E-state index contributed by atoms with van der Waals surface area (Å²) in [5.74, 6) is 0.158. The van der Waals surface area contributed by atoms with Crippen LogP contribution in [0, 0.1) is 6.92 Å². The molecule has 0 aliphatic rings. The maximum atomic E-state index is 13.0. The Balaban J connectivity index is 1.76. The van der Waals surface area contributed by atoms with Crippen LogP contribution in [0.2, 0.25) is 5.02 Å². The summed E-state index contributed by atoms with van der Waals surface area (Å²) < 4.78 is 31.1. The minimum Gasteiger partial charge on any atom is -0.495 e. The molecule has 3 rings (SSSR count). The molecule has 0 aliphatic carbocycles. The van der Waals surface area contributed by atoms with E-state index < -0.39 is 9.84 Å². The number of anilines is 2. The normalized spacial score (nSPS) is 11.0. The van der Waals surface area contributed by atoms with E-state index >= 15 is 0 Å². The Bertz CT molecular complexity index is 1170.